The molecule has 0 heterocycles. The summed E-state index contributed by atoms with van der Waals surface area (Å²) in [5.74, 6) is -1.86. The second kappa shape index (κ2) is 5.69. The molecule has 0 aliphatic rings. The normalized spacial score (nSPS) is 11.4. The van der Waals surface area contributed by atoms with Crippen LogP contribution in [0.15, 0.2) is 41.3 Å². The van der Waals surface area contributed by atoms with Crippen molar-refractivity contribution in [3.05, 3.63) is 53.6 Å². The van der Waals surface area contributed by atoms with Gasteiger partial charge in [-0.2, -0.15) is 0 Å². The number of hydrogen-bond acceptors (Lipinski definition) is 3. The molecule has 0 fully saturated rings. The van der Waals surface area contributed by atoms with Crippen molar-refractivity contribution in [2.75, 3.05) is 10.5 Å². The molecule has 3 N–H and O–H groups in total. The molecule has 0 radical (unpaired) electrons. The van der Waals surface area contributed by atoms with Crippen LogP contribution in [0.1, 0.15) is 12.5 Å². The Kier molecular flexibility index (Phi) is 4.13. The Balaban J connectivity index is 2.37. The van der Waals surface area contributed by atoms with Gasteiger partial charge in [-0.1, -0.05) is 13.0 Å². The third-order valence-electron chi connectivity index (χ3n) is 2.96. The summed E-state index contributed by atoms with van der Waals surface area (Å²) in [5.41, 5.74) is 7.26. The van der Waals surface area contributed by atoms with Crippen molar-refractivity contribution < 1.29 is 17.2 Å². The van der Waals surface area contributed by atoms with Gasteiger partial charge in [0.2, 0.25) is 0 Å². The zero-order valence-electron chi connectivity index (χ0n) is 11.2. The maximum atomic E-state index is 13.6. The number of benzene rings is 2. The molecule has 2 rings (SSSR count). The monoisotopic (exact) mass is 312 g/mol. The number of sulfonamides is 1. The summed E-state index contributed by atoms with van der Waals surface area (Å²) < 4.78 is 53.0. The first-order valence-corrected chi connectivity index (χ1v) is 7.68. The van der Waals surface area contributed by atoms with E-state index in [4.69, 9.17) is 5.73 Å². The fourth-order valence-corrected chi connectivity index (χ4v) is 3.01. The molecule has 7 heteroatoms. The van der Waals surface area contributed by atoms with E-state index in [1.54, 1.807) is 6.07 Å². The quantitative estimate of drug-likeness (QED) is 0.853. The van der Waals surface area contributed by atoms with Crippen molar-refractivity contribution in [1.82, 2.24) is 0 Å². The standard InChI is InChI=1S/C14H14F2N2O2S/c1-2-9-3-5-11(8-13(9)17)18-21(19,20)14-7-10(15)4-6-12(14)16/h3-8,18H,2,17H2,1H3. The lowest BCUT2D eigenvalue weighted by Gasteiger charge is -2.11. The third-order valence-corrected chi connectivity index (χ3v) is 4.36. The molecule has 0 amide bonds. The van der Waals surface area contributed by atoms with Gasteiger partial charge in [0, 0.05) is 5.69 Å². The minimum Gasteiger partial charge on any atom is -0.398 e. The van der Waals surface area contributed by atoms with Crippen LogP contribution >= 0.6 is 0 Å². The van der Waals surface area contributed by atoms with Crippen LogP contribution in [-0.4, -0.2) is 8.42 Å². The van der Waals surface area contributed by atoms with Crippen LogP contribution < -0.4 is 10.5 Å². The van der Waals surface area contributed by atoms with Crippen LogP contribution in [0.25, 0.3) is 0 Å². The second-order valence-corrected chi connectivity index (χ2v) is 6.10. The van der Waals surface area contributed by atoms with E-state index < -0.39 is 26.6 Å². The average Bonchev–Trinajstić information content (AvgIpc) is 2.41. The molecule has 0 bridgehead atoms. The number of rotatable bonds is 4. The van der Waals surface area contributed by atoms with Crippen molar-refractivity contribution in [2.45, 2.75) is 18.2 Å². The predicted octanol–water partition coefficient (Wildman–Crippen LogP) is 2.91. The van der Waals surface area contributed by atoms with Gasteiger partial charge in [0.15, 0.2) is 0 Å². The minimum atomic E-state index is -4.22. The van der Waals surface area contributed by atoms with Gasteiger partial charge in [-0.25, -0.2) is 17.2 Å². The van der Waals surface area contributed by atoms with Crippen LogP contribution in [0.2, 0.25) is 0 Å². The summed E-state index contributed by atoms with van der Waals surface area (Å²) >= 11 is 0. The molecule has 0 aliphatic carbocycles. The number of aryl methyl sites for hydroxylation is 1. The third kappa shape index (κ3) is 3.30. The lowest BCUT2D eigenvalue weighted by molar-refractivity contribution is 0.555. The molecule has 0 aromatic heterocycles. The number of nitrogens with two attached hydrogens (primary N) is 1. The Morgan fingerprint density at radius 3 is 2.48 bits per heavy atom. The first-order valence-electron chi connectivity index (χ1n) is 6.19. The van der Waals surface area contributed by atoms with E-state index in [2.05, 4.69) is 4.72 Å². The molecule has 0 saturated carbocycles. The molecule has 0 spiro atoms. The van der Waals surface area contributed by atoms with Gasteiger partial charge in [-0.3, -0.25) is 4.72 Å². The molecule has 4 nitrogen and oxygen atoms in total. The Morgan fingerprint density at radius 2 is 1.86 bits per heavy atom. The van der Waals surface area contributed by atoms with E-state index in [1.807, 2.05) is 6.92 Å². The van der Waals surface area contributed by atoms with Crippen molar-refractivity contribution in [3.63, 3.8) is 0 Å². The molecular formula is C14H14F2N2O2S. The fraction of sp³-hybridized carbons (Fsp3) is 0.143. The SMILES string of the molecule is CCc1ccc(NS(=O)(=O)c2cc(F)ccc2F)cc1N. The first kappa shape index (κ1) is 15.2. The molecule has 0 saturated heterocycles. The zero-order valence-corrected chi connectivity index (χ0v) is 12.0. The highest BCUT2D eigenvalue weighted by Crippen LogP contribution is 2.23. The predicted molar refractivity (Wildman–Crippen MR) is 77.4 cm³/mol. The highest BCUT2D eigenvalue weighted by atomic mass is 32.2. The van der Waals surface area contributed by atoms with Gasteiger partial charge in [0.25, 0.3) is 10.0 Å². The number of nitrogen functional groups attached to an aromatic ring is 1. The maximum Gasteiger partial charge on any atom is 0.264 e. The van der Waals surface area contributed by atoms with Gasteiger partial charge >= 0.3 is 0 Å². The van der Waals surface area contributed by atoms with Crippen LogP contribution in [0.5, 0.6) is 0 Å². The van der Waals surface area contributed by atoms with Crippen molar-refractivity contribution in [2.24, 2.45) is 0 Å². The molecule has 0 aliphatic heterocycles. The molecule has 21 heavy (non-hydrogen) atoms. The van der Waals surface area contributed by atoms with E-state index in [0.29, 0.717) is 18.2 Å². The summed E-state index contributed by atoms with van der Waals surface area (Å²) in [6.07, 6.45) is 0.706. The van der Waals surface area contributed by atoms with Crippen LogP contribution in [-0.2, 0) is 16.4 Å². The Hall–Kier alpha value is -2.15. The number of anilines is 2. The molecule has 2 aromatic carbocycles. The highest BCUT2D eigenvalue weighted by Gasteiger charge is 2.20. The van der Waals surface area contributed by atoms with E-state index >= 15 is 0 Å². The zero-order chi connectivity index (χ0) is 15.6. The lowest BCUT2D eigenvalue weighted by atomic mass is 10.1. The highest BCUT2D eigenvalue weighted by molar-refractivity contribution is 7.92. The van der Waals surface area contributed by atoms with Crippen LogP contribution in [0, 0.1) is 11.6 Å². The summed E-state index contributed by atoms with van der Waals surface area (Å²) in [5, 5.41) is 0. The first-order chi connectivity index (χ1) is 9.83. The summed E-state index contributed by atoms with van der Waals surface area (Å²) in [4.78, 5) is -0.749. The summed E-state index contributed by atoms with van der Waals surface area (Å²) in [6.45, 7) is 1.91. The molecule has 0 unspecified atom stereocenters. The van der Waals surface area contributed by atoms with Gasteiger partial charge in [0.05, 0.1) is 5.69 Å². The van der Waals surface area contributed by atoms with E-state index in [0.717, 1.165) is 17.7 Å². The van der Waals surface area contributed by atoms with E-state index in [1.165, 1.54) is 12.1 Å². The van der Waals surface area contributed by atoms with Gasteiger partial charge < -0.3 is 5.73 Å². The van der Waals surface area contributed by atoms with Crippen molar-refractivity contribution >= 4 is 21.4 Å². The Labute approximate surface area is 121 Å². The summed E-state index contributed by atoms with van der Waals surface area (Å²) in [6, 6.07) is 6.87. The minimum absolute atomic E-state index is 0.188. The smallest absolute Gasteiger partial charge is 0.264 e. The molecular weight excluding hydrogens is 298 g/mol. The number of hydrogen-bond donors (Lipinski definition) is 2. The number of halogens is 2. The maximum absolute atomic E-state index is 13.6. The fourth-order valence-electron chi connectivity index (χ4n) is 1.87. The largest absolute Gasteiger partial charge is 0.398 e. The topological polar surface area (TPSA) is 72.2 Å². The van der Waals surface area contributed by atoms with E-state index in [-0.39, 0.29) is 5.69 Å². The second-order valence-electron chi connectivity index (χ2n) is 4.45. The van der Waals surface area contributed by atoms with Gasteiger partial charge in [0.1, 0.15) is 16.5 Å². The van der Waals surface area contributed by atoms with Crippen LogP contribution in [0.3, 0.4) is 0 Å². The molecule has 112 valence electrons. The Bertz CT molecular complexity index is 777. The van der Waals surface area contributed by atoms with Gasteiger partial charge in [-0.05, 0) is 42.3 Å². The van der Waals surface area contributed by atoms with E-state index in [9.17, 15) is 17.2 Å². The Morgan fingerprint density at radius 1 is 1.14 bits per heavy atom. The molecule has 0 atom stereocenters. The van der Waals surface area contributed by atoms with Crippen molar-refractivity contribution in [1.29, 1.82) is 0 Å². The van der Waals surface area contributed by atoms with Crippen LogP contribution in [0.4, 0.5) is 20.2 Å². The molecule has 2 aromatic rings. The lowest BCUT2D eigenvalue weighted by Crippen LogP contribution is -2.15. The van der Waals surface area contributed by atoms with Crippen molar-refractivity contribution in [3.8, 4) is 0 Å². The number of nitrogens with one attached hydrogen (secondary N) is 1. The summed E-state index contributed by atoms with van der Waals surface area (Å²) in [7, 11) is -4.22. The van der Waals surface area contributed by atoms with Gasteiger partial charge in [-0.15, -0.1) is 0 Å². The average molecular weight is 312 g/mol.